The fraction of sp³-hybridized carbons (Fsp3) is 0.176. The molecule has 1 aromatic carbocycles. The Morgan fingerprint density at radius 2 is 2.09 bits per heavy atom. The molecule has 0 radical (unpaired) electrons. The highest BCUT2D eigenvalue weighted by Gasteiger charge is 2.15. The molecule has 0 aliphatic carbocycles. The predicted molar refractivity (Wildman–Crippen MR) is 85.8 cm³/mol. The normalized spacial score (nSPS) is 10.6. The van der Waals surface area contributed by atoms with Crippen molar-refractivity contribution >= 4 is 17.7 Å². The number of H-pyrrole nitrogens is 1. The minimum absolute atomic E-state index is 0.314. The van der Waals surface area contributed by atoms with Crippen molar-refractivity contribution < 1.29 is 9.53 Å². The number of rotatable bonds is 4. The third kappa shape index (κ3) is 3.18. The van der Waals surface area contributed by atoms with Crippen LogP contribution in [0.4, 0.5) is 5.69 Å². The highest BCUT2D eigenvalue weighted by atomic mass is 16.5. The fourth-order valence-corrected chi connectivity index (χ4v) is 2.24. The standard InChI is InChI=1S/C17H17N3O2/c1-3-22-16(21)9-8-15-14(10-18)17(11(2)20-15)12-4-6-13(19)7-5-12/h4-9,20H,3,19H2,1-2H3/b9-8+. The molecule has 0 amide bonds. The summed E-state index contributed by atoms with van der Waals surface area (Å²) in [5.41, 5.74) is 9.99. The Hall–Kier alpha value is -3.00. The molecule has 0 atom stereocenters. The van der Waals surface area contributed by atoms with E-state index in [1.165, 1.54) is 6.08 Å². The minimum Gasteiger partial charge on any atom is -0.463 e. The molecular formula is C17H17N3O2. The number of nitrogens with zero attached hydrogens (tertiary/aromatic N) is 1. The Labute approximate surface area is 129 Å². The van der Waals surface area contributed by atoms with E-state index < -0.39 is 5.97 Å². The molecule has 2 rings (SSSR count). The lowest BCUT2D eigenvalue weighted by Gasteiger charge is -2.02. The second kappa shape index (κ2) is 6.64. The number of nitrogens with one attached hydrogen (secondary N) is 1. The first kappa shape index (κ1) is 15.4. The summed E-state index contributed by atoms with van der Waals surface area (Å²) >= 11 is 0. The molecule has 3 N–H and O–H groups in total. The zero-order valence-corrected chi connectivity index (χ0v) is 12.5. The number of hydrogen-bond donors (Lipinski definition) is 2. The van der Waals surface area contributed by atoms with Gasteiger partial charge in [0.15, 0.2) is 0 Å². The van der Waals surface area contributed by atoms with E-state index in [1.54, 1.807) is 25.1 Å². The van der Waals surface area contributed by atoms with Crippen LogP contribution >= 0.6 is 0 Å². The Kier molecular flexibility index (Phi) is 4.64. The summed E-state index contributed by atoms with van der Waals surface area (Å²) in [6.07, 6.45) is 2.87. The molecule has 0 saturated heterocycles. The van der Waals surface area contributed by atoms with Crippen LogP contribution in [0.25, 0.3) is 17.2 Å². The summed E-state index contributed by atoms with van der Waals surface area (Å²) in [6.45, 7) is 3.94. The Balaban J connectivity index is 2.43. The maximum Gasteiger partial charge on any atom is 0.330 e. The average Bonchev–Trinajstić information content (AvgIpc) is 2.82. The highest BCUT2D eigenvalue weighted by molar-refractivity contribution is 5.88. The van der Waals surface area contributed by atoms with Gasteiger partial charge in [-0.3, -0.25) is 0 Å². The van der Waals surface area contributed by atoms with Crippen LogP contribution in [-0.4, -0.2) is 17.6 Å². The van der Waals surface area contributed by atoms with Gasteiger partial charge >= 0.3 is 5.97 Å². The summed E-state index contributed by atoms with van der Waals surface area (Å²) in [6, 6.07) is 9.50. The van der Waals surface area contributed by atoms with Gasteiger partial charge in [-0.05, 0) is 37.6 Å². The number of nitrogen functional groups attached to an aromatic ring is 1. The monoisotopic (exact) mass is 295 g/mol. The van der Waals surface area contributed by atoms with E-state index in [1.807, 2.05) is 19.1 Å². The van der Waals surface area contributed by atoms with E-state index in [-0.39, 0.29) is 0 Å². The van der Waals surface area contributed by atoms with Crippen LogP contribution in [0, 0.1) is 18.3 Å². The molecule has 1 heterocycles. The number of ether oxygens (including phenoxy) is 1. The van der Waals surface area contributed by atoms with Gasteiger partial charge in [-0.2, -0.15) is 5.26 Å². The molecule has 0 aliphatic heterocycles. The number of aryl methyl sites for hydroxylation is 1. The van der Waals surface area contributed by atoms with E-state index in [0.29, 0.717) is 23.6 Å². The molecule has 0 bridgehead atoms. The SMILES string of the molecule is CCOC(=O)/C=C/c1[nH]c(C)c(-c2ccc(N)cc2)c1C#N. The van der Waals surface area contributed by atoms with Gasteiger partial charge in [0, 0.05) is 23.0 Å². The number of benzene rings is 1. The highest BCUT2D eigenvalue weighted by Crippen LogP contribution is 2.30. The third-order valence-corrected chi connectivity index (χ3v) is 3.20. The lowest BCUT2D eigenvalue weighted by molar-refractivity contribution is -0.137. The zero-order chi connectivity index (χ0) is 16.1. The van der Waals surface area contributed by atoms with Crippen molar-refractivity contribution in [2.24, 2.45) is 0 Å². The van der Waals surface area contributed by atoms with Crippen LogP contribution in [0.15, 0.2) is 30.3 Å². The number of esters is 1. The average molecular weight is 295 g/mol. The number of aromatic amines is 1. The van der Waals surface area contributed by atoms with Gasteiger partial charge in [0.1, 0.15) is 6.07 Å². The van der Waals surface area contributed by atoms with Crippen molar-refractivity contribution in [2.45, 2.75) is 13.8 Å². The molecule has 1 aromatic heterocycles. The van der Waals surface area contributed by atoms with Crippen molar-refractivity contribution in [1.29, 1.82) is 5.26 Å². The topological polar surface area (TPSA) is 91.9 Å². The lowest BCUT2D eigenvalue weighted by atomic mass is 10.0. The molecule has 5 nitrogen and oxygen atoms in total. The van der Waals surface area contributed by atoms with E-state index in [4.69, 9.17) is 10.5 Å². The number of carbonyl (C=O) groups is 1. The number of anilines is 1. The second-order valence-corrected chi connectivity index (χ2v) is 4.73. The van der Waals surface area contributed by atoms with E-state index in [9.17, 15) is 10.1 Å². The molecule has 0 aliphatic rings. The number of nitriles is 1. The van der Waals surface area contributed by atoms with Crippen molar-refractivity contribution in [3.05, 3.63) is 47.3 Å². The van der Waals surface area contributed by atoms with Gasteiger partial charge in [0.2, 0.25) is 0 Å². The van der Waals surface area contributed by atoms with Crippen LogP contribution in [0.1, 0.15) is 23.9 Å². The molecule has 0 unspecified atom stereocenters. The Morgan fingerprint density at radius 1 is 1.41 bits per heavy atom. The maximum atomic E-state index is 11.4. The third-order valence-electron chi connectivity index (χ3n) is 3.20. The van der Waals surface area contributed by atoms with Gasteiger partial charge in [0.25, 0.3) is 0 Å². The first-order valence-electron chi connectivity index (χ1n) is 6.90. The second-order valence-electron chi connectivity index (χ2n) is 4.73. The first-order chi connectivity index (χ1) is 10.6. The van der Waals surface area contributed by atoms with Crippen LogP contribution in [0.3, 0.4) is 0 Å². The summed E-state index contributed by atoms with van der Waals surface area (Å²) < 4.78 is 4.84. The fourth-order valence-electron chi connectivity index (χ4n) is 2.24. The van der Waals surface area contributed by atoms with Crippen molar-refractivity contribution in [2.75, 3.05) is 12.3 Å². The Morgan fingerprint density at radius 3 is 2.68 bits per heavy atom. The summed E-state index contributed by atoms with van der Waals surface area (Å²) in [7, 11) is 0. The van der Waals surface area contributed by atoms with E-state index in [0.717, 1.165) is 16.8 Å². The minimum atomic E-state index is -0.437. The first-order valence-corrected chi connectivity index (χ1v) is 6.90. The molecule has 0 spiro atoms. The van der Waals surface area contributed by atoms with Crippen LogP contribution in [0.5, 0.6) is 0 Å². The maximum absolute atomic E-state index is 11.4. The molecule has 2 aromatic rings. The van der Waals surface area contributed by atoms with Gasteiger partial charge in [-0.1, -0.05) is 12.1 Å². The zero-order valence-electron chi connectivity index (χ0n) is 12.5. The van der Waals surface area contributed by atoms with Gasteiger partial charge in [0.05, 0.1) is 17.9 Å². The largest absolute Gasteiger partial charge is 0.463 e. The Bertz CT molecular complexity index is 749. The molecule has 22 heavy (non-hydrogen) atoms. The van der Waals surface area contributed by atoms with Crippen LogP contribution in [-0.2, 0) is 9.53 Å². The molecule has 0 fully saturated rings. The summed E-state index contributed by atoms with van der Waals surface area (Å²) in [5, 5.41) is 9.45. The van der Waals surface area contributed by atoms with E-state index in [2.05, 4.69) is 11.1 Å². The molecular weight excluding hydrogens is 278 g/mol. The predicted octanol–water partition coefficient (Wildman–Crippen LogP) is 3.02. The lowest BCUT2D eigenvalue weighted by Crippen LogP contribution is -1.98. The van der Waals surface area contributed by atoms with Crippen LogP contribution in [0.2, 0.25) is 0 Å². The van der Waals surface area contributed by atoms with Crippen molar-refractivity contribution in [3.63, 3.8) is 0 Å². The van der Waals surface area contributed by atoms with Crippen molar-refractivity contribution in [3.8, 4) is 17.2 Å². The van der Waals surface area contributed by atoms with Crippen LogP contribution < -0.4 is 5.73 Å². The summed E-state index contributed by atoms with van der Waals surface area (Å²) in [4.78, 5) is 14.5. The number of hydrogen-bond acceptors (Lipinski definition) is 4. The van der Waals surface area contributed by atoms with Gasteiger partial charge < -0.3 is 15.5 Å². The van der Waals surface area contributed by atoms with Gasteiger partial charge in [-0.15, -0.1) is 0 Å². The smallest absolute Gasteiger partial charge is 0.330 e. The molecule has 0 saturated carbocycles. The van der Waals surface area contributed by atoms with Crippen molar-refractivity contribution in [1.82, 2.24) is 4.98 Å². The van der Waals surface area contributed by atoms with Gasteiger partial charge in [-0.25, -0.2) is 4.79 Å². The number of aromatic nitrogens is 1. The molecule has 5 heteroatoms. The molecule has 112 valence electrons. The number of nitrogens with two attached hydrogens (primary N) is 1. The van der Waals surface area contributed by atoms with E-state index >= 15 is 0 Å². The quantitative estimate of drug-likeness (QED) is 0.515. The summed E-state index contributed by atoms with van der Waals surface area (Å²) in [5.74, 6) is -0.437. The number of carbonyl (C=O) groups excluding carboxylic acids is 1.